The Morgan fingerprint density at radius 1 is 1.33 bits per heavy atom. The van der Waals surface area contributed by atoms with Gasteiger partial charge >= 0.3 is 6.03 Å². The quantitative estimate of drug-likeness (QED) is 0.865. The lowest BCUT2D eigenvalue weighted by atomic mass is 9.92. The monoisotopic (exact) mass is 290 g/mol. The van der Waals surface area contributed by atoms with Gasteiger partial charge in [0, 0.05) is 12.8 Å². The van der Waals surface area contributed by atoms with E-state index in [1.54, 1.807) is 0 Å². The van der Waals surface area contributed by atoms with Crippen LogP contribution in [0.4, 0.5) is 4.79 Å². The molecular weight excluding hydrogens is 268 g/mol. The summed E-state index contributed by atoms with van der Waals surface area (Å²) in [5.74, 6) is 1.79. The summed E-state index contributed by atoms with van der Waals surface area (Å²) >= 11 is 0. The summed E-state index contributed by atoms with van der Waals surface area (Å²) in [7, 11) is 0. The second-order valence-corrected chi connectivity index (χ2v) is 6.81. The van der Waals surface area contributed by atoms with Crippen molar-refractivity contribution in [2.24, 2.45) is 11.3 Å². The second-order valence-electron chi connectivity index (χ2n) is 6.81. The van der Waals surface area contributed by atoms with E-state index in [9.17, 15) is 4.79 Å². The van der Waals surface area contributed by atoms with Gasteiger partial charge in [-0.05, 0) is 11.3 Å². The zero-order valence-electron chi connectivity index (χ0n) is 13.2. The zero-order chi connectivity index (χ0) is 15.6. The molecule has 0 unspecified atom stereocenters. The van der Waals surface area contributed by atoms with E-state index in [0.717, 1.165) is 6.42 Å². The van der Waals surface area contributed by atoms with Crippen molar-refractivity contribution in [1.29, 1.82) is 0 Å². The van der Waals surface area contributed by atoms with Gasteiger partial charge in [0.25, 0.3) is 0 Å². The van der Waals surface area contributed by atoms with Gasteiger partial charge in [-0.15, -0.1) is 5.10 Å². The number of hydrogen-bond donors (Lipinski definition) is 0. The van der Waals surface area contributed by atoms with Gasteiger partial charge in [-0.2, -0.15) is 14.5 Å². The lowest BCUT2D eigenvalue weighted by molar-refractivity contribution is 0.236. The molecule has 0 fully saturated rings. The normalized spacial score (nSPS) is 12.1. The molecule has 2 rings (SSSR count). The average Bonchev–Trinajstić information content (AvgIpc) is 2.95. The fourth-order valence-electron chi connectivity index (χ4n) is 1.99. The first-order valence-electron chi connectivity index (χ1n) is 7.10. The maximum atomic E-state index is 12.4. The van der Waals surface area contributed by atoms with E-state index >= 15 is 0 Å². The molecule has 0 aliphatic heterocycles. The van der Waals surface area contributed by atoms with E-state index in [2.05, 4.69) is 54.8 Å². The molecule has 0 amide bonds. The summed E-state index contributed by atoms with van der Waals surface area (Å²) < 4.78 is 2.51. The predicted octanol–water partition coefficient (Wildman–Crippen LogP) is 2.17. The van der Waals surface area contributed by atoms with Crippen molar-refractivity contribution in [2.45, 2.75) is 47.5 Å². The molecule has 0 bridgehead atoms. The van der Waals surface area contributed by atoms with Crippen molar-refractivity contribution in [3.8, 4) is 0 Å². The van der Waals surface area contributed by atoms with Gasteiger partial charge in [-0.1, -0.05) is 34.6 Å². The van der Waals surface area contributed by atoms with E-state index in [1.165, 1.54) is 22.0 Å². The Kier molecular flexibility index (Phi) is 4.20. The number of carbonyl (C=O) groups excluding carboxylic acids is 1. The van der Waals surface area contributed by atoms with Crippen molar-refractivity contribution in [2.75, 3.05) is 0 Å². The fourth-order valence-corrected chi connectivity index (χ4v) is 1.99. The molecule has 0 aromatic carbocycles. The molecule has 0 N–H and O–H groups in total. The van der Waals surface area contributed by atoms with Crippen LogP contribution in [0.2, 0.25) is 0 Å². The van der Waals surface area contributed by atoms with Gasteiger partial charge in [-0.3, -0.25) is 0 Å². The molecular formula is C14H22N6O. The van der Waals surface area contributed by atoms with Gasteiger partial charge in [0.15, 0.2) is 5.82 Å². The van der Waals surface area contributed by atoms with Crippen molar-refractivity contribution >= 4 is 6.03 Å². The number of hydrogen-bond acceptors (Lipinski definition) is 5. The summed E-state index contributed by atoms with van der Waals surface area (Å²) in [5.41, 5.74) is 0.0164. The highest BCUT2D eigenvalue weighted by Crippen LogP contribution is 2.20. The van der Waals surface area contributed by atoms with Crippen molar-refractivity contribution in [1.82, 2.24) is 29.5 Å². The van der Waals surface area contributed by atoms with Gasteiger partial charge in [-0.25, -0.2) is 14.8 Å². The van der Waals surface area contributed by atoms with Gasteiger partial charge < -0.3 is 0 Å². The number of nitrogens with zero attached hydrogens (tertiary/aromatic N) is 6. The fraction of sp³-hybridized carbons (Fsp3) is 0.643. The van der Waals surface area contributed by atoms with Crippen LogP contribution in [0.1, 0.15) is 46.3 Å². The standard InChI is InChI=1S/C14H22N6O/c1-10(2)6-11-17-12(7-14(3,4)5)20(18-11)13(21)19-9-15-8-16-19/h8-10H,6-7H2,1-5H3. The van der Waals surface area contributed by atoms with Crippen molar-refractivity contribution in [3.05, 3.63) is 24.3 Å². The topological polar surface area (TPSA) is 78.5 Å². The Morgan fingerprint density at radius 3 is 2.57 bits per heavy atom. The summed E-state index contributed by atoms with van der Waals surface area (Å²) in [4.78, 5) is 20.8. The third-order valence-electron chi connectivity index (χ3n) is 2.79. The second kappa shape index (κ2) is 5.75. The van der Waals surface area contributed by atoms with E-state index in [0.29, 0.717) is 24.0 Å². The molecule has 0 saturated carbocycles. The van der Waals surface area contributed by atoms with Crippen LogP contribution in [0.3, 0.4) is 0 Å². The Bertz CT molecular complexity index is 606. The molecule has 0 spiro atoms. The predicted molar refractivity (Wildman–Crippen MR) is 77.9 cm³/mol. The van der Waals surface area contributed by atoms with E-state index in [-0.39, 0.29) is 11.4 Å². The molecule has 21 heavy (non-hydrogen) atoms. The third-order valence-corrected chi connectivity index (χ3v) is 2.79. The minimum absolute atomic E-state index is 0.0164. The van der Waals surface area contributed by atoms with Crippen LogP contribution < -0.4 is 0 Å². The van der Waals surface area contributed by atoms with Crippen LogP contribution in [0, 0.1) is 11.3 Å². The zero-order valence-corrected chi connectivity index (χ0v) is 13.2. The summed E-state index contributed by atoms with van der Waals surface area (Å²) in [6.07, 6.45) is 4.10. The Balaban J connectivity index is 2.37. The Hall–Kier alpha value is -2.05. The summed E-state index contributed by atoms with van der Waals surface area (Å²) in [5, 5.41) is 8.23. The number of carbonyl (C=O) groups is 1. The van der Waals surface area contributed by atoms with Gasteiger partial charge in [0.05, 0.1) is 0 Å². The third kappa shape index (κ3) is 3.96. The Morgan fingerprint density at radius 2 is 2.05 bits per heavy atom. The van der Waals surface area contributed by atoms with Crippen LogP contribution in [0.5, 0.6) is 0 Å². The average molecular weight is 290 g/mol. The van der Waals surface area contributed by atoms with Crippen LogP contribution in [0.25, 0.3) is 0 Å². The largest absolute Gasteiger partial charge is 0.372 e. The molecule has 0 aliphatic rings. The highest BCUT2D eigenvalue weighted by atomic mass is 16.2. The number of aromatic nitrogens is 6. The van der Waals surface area contributed by atoms with Gasteiger partial charge in [0.1, 0.15) is 18.5 Å². The van der Waals surface area contributed by atoms with Crippen LogP contribution >= 0.6 is 0 Å². The summed E-state index contributed by atoms with van der Waals surface area (Å²) in [6.45, 7) is 10.5. The molecule has 0 radical (unpaired) electrons. The first-order valence-corrected chi connectivity index (χ1v) is 7.10. The minimum Gasteiger partial charge on any atom is -0.243 e. The molecule has 2 aromatic rings. The minimum atomic E-state index is -0.353. The van der Waals surface area contributed by atoms with Crippen molar-refractivity contribution < 1.29 is 4.79 Å². The first kappa shape index (κ1) is 15.3. The highest BCUT2D eigenvalue weighted by molar-refractivity contribution is 5.77. The SMILES string of the molecule is CC(C)Cc1nc(CC(C)(C)C)n(C(=O)n2cncn2)n1. The lowest BCUT2D eigenvalue weighted by Gasteiger charge is -2.16. The first-order chi connectivity index (χ1) is 9.76. The van der Waals surface area contributed by atoms with E-state index in [4.69, 9.17) is 0 Å². The maximum absolute atomic E-state index is 12.4. The smallest absolute Gasteiger partial charge is 0.243 e. The summed E-state index contributed by atoms with van der Waals surface area (Å²) in [6, 6.07) is -0.353. The van der Waals surface area contributed by atoms with Gasteiger partial charge in [0.2, 0.25) is 0 Å². The molecule has 114 valence electrons. The lowest BCUT2D eigenvalue weighted by Crippen LogP contribution is -2.25. The highest BCUT2D eigenvalue weighted by Gasteiger charge is 2.23. The van der Waals surface area contributed by atoms with Crippen LogP contribution in [-0.2, 0) is 12.8 Å². The Labute approximate surface area is 124 Å². The molecule has 0 saturated heterocycles. The maximum Gasteiger partial charge on any atom is 0.372 e. The van der Waals surface area contributed by atoms with Crippen molar-refractivity contribution in [3.63, 3.8) is 0 Å². The number of rotatable bonds is 3. The molecule has 0 aliphatic carbocycles. The molecule has 2 aromatic heterocycles. The molecule has 7 nitrogen and oxygen atoms in total. The van der Waals surface area contributed by atoms with Crippen LogP contribution in [-0.4, -0.2) is 35.6 Å². The van der Waals surface area contributed by atoms with E-state index in [1.807, 2.05) is 0 Å². The molecule has 0 atom stereocenters. The molecule has 7 heteroatoms. The molecule has 2 heterocycles. The van der Waals surface area contributed by atoms with E-state index < -0.39 is 0 Å². The van der Waals surface area contributed by atoms with Crippen LogP contribution in [0.15, 0.2) is 12.7 Å².